The Labute approximate surface area is 102 Å². The molecule has 92 valence electrons. The number of hydrogen-bond acceptors (Lipinski definition) is 3. The second kappa shape index (κ2) is 5.32. The Kier molecular flexibility index (Phi) is 3.79. The maximum absolute atomic E-state index is 11.6. The molecule has 1 aliphatic rings. The average molecular weight is 233 g/mol. The molecule has 1 saturated carbocycles. The highest BCUT2D eigenvalue weighted by molar-refractivity contribution is 5.90. The summed E-state index contributed by atoms with van der Waals surface area (Å²) in [6.07, 6.45) is 2.47. The predicted molar refractivity (Wildman–Crippen MR) is 66.8 cm³/mol. The van der Waals surface area contributed by atoms with E-state index < -0.39 is 0 Å². The van der Waals surface area contributed by atoms with Crippen LogP contribution in [0.3, 0.4) is 0 Å². The smallest absolute Gasteiger partial charge is 0.338 e. The number of esters is 1. The molecule has 0 unspecified atom stereocenters. The van der Waals surface area contributed by atoms with Crippen molar-refractivity contribution in [2.45, 2.75) is 32.4 Å². The van der Waals surface area contributed by atoms with Gasteiger partial charge >= 0.3 is 5.97 Å². The molecule has 0 aliphatic heterocycles. The monoisotopic (exact) mass is 233 g/mol. The highest BCUT2D eigenvalue weighted by Crippen LogP contribution is 2.26. The molecule has 0 atom stereocenters. The van der Waals surface area contributed by atoms with Crippen LogP contribution in [0.5, 0.6) is 0 Å². The van der Waals surface area contributed by atoms with Crippen LogP contribution in [-0.2, 0) is 11.3 Å². The molecule has 1 aliphatic carbocycles. The van der Waals surface area contributed by atoms with Gasteiger partial charge in [0.05, 0.1) is 12.7 Å². The number of nitrogens with one attached hydrogen (secondary N) is 1. The molecular weight excluding hydrogens is 214 g/mol. The number of hydrogen-bond donors (Lipinski definition) is 1. The van der Waals surface area contributed by atoms with E-state index in [4.69, 9.17) is 4.74 Å². The van der Waals surface area contributed by atoms with Crippen LogP contribution in [-0.4, -0.2) is 19.1 Å². The maximum atomic E-state index is 11.6. The Bertz CT molecular complexity index is 397. The number of benzene rings is 1. The van der Waals surface area contributed by atoms with E-state index in [0.717, 1.165) is 18.0 Å². The second-order valence-electron chi connectivity index (χ2n) is 4.80. The Morgan fingerprint density at radius 3 is 2.76 bits per heavy atom. The van der Waals surface area contributed by atoms with Crippen LogP contribution < -0.4 is 5.32 Å². The van der Waals surface area contributed by atoms with Crippen LogP contribution in [0.1, 0.15) is 35.7 Å². The van der Waals surface area contributed by atoms with Crippen molar-refractivity contribution in [3.8, 4) is 0 Å². The molecule has 1 aromatic rings. The minimum Gasteiger partial charge on any atom is -0.465 e. The molecule has 3 heteroatoms. The Morgan fingerprint density at radius 2 is 2.12 bits per heavy atom. The molecule has 1 N–H and O–H groups in total. The molecule has 0 aromatic heterocycles. The highest BCUT2D eigenvalue weighted by atomic mass is 16.5. The van der Waals surface area contributed by atoms with Gasteiger partial charge in [-0.05, 0) is 30.4 Å². The van der Waals surface area contributed by atoms with Crippen molar-refractivity contribution >= 4 is 5.97 Å². The SMILES string of the molecule is COC(=O)c1ccccc1CNC1CC(C)C1. The summed E-state index contributed by atoms with van der Waals surface area (Å²) in [5.74, 6) is 0.577. The van der Waals surface area contributed by atoms with Crippen LogP contribution in [0.2, 0.25) is 0 Å². The van der Waals surface area contributed by atoms with E-state index >= 15 is 0 Å². The van der Waals surface area contributed by atoms with E-state index in [-0.39, 0.29) is 5.97 Å². The molecule has 0 amide bonds. The fourth-order valence-corrected chi connectivity index (χ4v) is 2.31. The first kappa shape index (κ1) is 12.1. The number of ether oxygens (including phenoxy) is 1. The Hall–Kier alpha value is -1.35. The lowest BCUT2D eigenvalue weighted by molar-refractivity contribution is 0.0599. The molecule has 17 heavy (non-hydrogen) atoms. The molecule has 0 spiro atoms. The van der Waals surface area contributed by atoms with Crippen molar-refractivity contribution < 1.29 is 9.53 Å². The minimum atomic E-state index is -0.260. The van der Waals surface area contributed by atoms with E-state index in [1.54, 1.807) is 0 Å². The number of rotatable bonds is 4. The normalized spacial score (nSPS) is 22.9. The third kappa shape index (κ3) is 2.86. The second-order valence-corrected chi connectivity index (χ2v) is 4.80. The van der Waals surface area contributed by atoms with Gasteiger partial charge in [0.15, 0.2) is 0 Å². The van der Waals surface area contributed by atoms with Crippen molar-refractivity contribution in [1.29, 1.82) is 0 Å². The van der Waals surface area contributed by atoms with Crippen molar-refractivity contribution in [1.82, 2.24) is 5.32 Å². The predicted octanol–water partition coefficient (Wildman–Crippen LogP) is 2.36. The van der Waals surface area contributed by atoms with Crippen LogP contribution in [0, 0.1) is 5.92 Å². The van der Waals surface area contributed by atoms with E-state index in [1.807, 2.05) is 24.3 Å². The van der Waals surface area contributed by atoms with Gasteiger partial charge in [-0.2, -0.15) is 0 Å². The topological polar surface area (TPSA) is 38.3 Å². The van der Waals surface area contributed by atoms with Gasteiger partial charge in [0, 0.05) is 12.6 Å². The summed E-state index contributed by atoms with van der Waals surface area (Å²) in [5.41, 5.74) is 1.67. The molecule has 2 rings (SSSR count). The summed E-state index contributed by atoms with van der Waals surface area (Å²) in [5, 5.41) is 3.48. The molecular formula is C14H19NO2. The van der Waals surface area contributed by atoms with Gasteiger partial charge in [-0.25, -0.2) is 4.79 Å². The van der Waals surface area contributed by atoms with Gasteiger partial charge in [0.1, 0.15) is 0 Å². The first-order valence-electron chi connectivity index (χ1n) is 6.10. The van der Waals surface area contributed by atoms with Gasteiger partial charge in [-0.15, -0.1) is 0 Å². The standard InChI is InChI=1S/C14H19NO2/c1-10-7-12(8-10)15-9-11-5-3-4-6-13(11)14(16)17-2/h3-6,10,12,15H,7-9H2,1-2H3. The molecule has 0 saturated heterocycles. The van der Waals surface area contributed by atoms with E-state index in [2.05, 4.69) is 12.2 Å². The number of methoxy groups -OCH3 is 1. The maximum Gasteiger partial charge on any atom is 0.338 e. The summed E-state index contributed by atoms with van der Waals surface area (Å²) < 4.78 is 4.77. The summed E-state index contributed by atoms with van der Waals surface area (Å²) in [6, 6.07) is 8.21. The first-order chi connectivity index (χ1) is 8.20. The third-order valence-corrected chi connectivity index (χ3v) is 3.38. The lowest BCUT2D eigenvalue weighted by Crippen LogP contribution is -2.39. The fourth-order valence-electron chi connectivity index (χ4n) is 2.31. The minimum absolute atomic E-state index is 0.260. The van der Waals surface area contributed by atoms with Crippen molar-refractivity contribution in [3.63, 3.8) is 0 Å². The quantitative estimate of drug-likeness (QED) is 0.811. The van der Waals surface area contributed by atoms with E-state index in [9.17, 15) is 4.79 Å². The van der Waals surface area contributed by atoms with Gasteiger partial charge in [-0.3, -0.25) is 0 Å². The molecule has 0 radical (unpaired) electrons. The lowest BCUT2D eigenvalue weighted by atomic mass is 9.82. The van der Waals surface area contributed by atoms with Gasteiger partial charge in [0.25, 0.3) is 0 Å². The van der Waals surface area contributed by atoms with Gasteiger partial charge < -0.3 is 10.1 Å². The van der Waals surface area contributed by atoms with E-state index in [0.29, 0.717) is 11.6 Å². The van der Waals surface area contributed by atoms with Crippen molar-refractivity contribution in [2.24, 2.45) is 5.92 Å². The van der Waals surface area contributed by atoms with Crippen molar-refractivity contribution in [2.75, 3.05) is 7.11 Å². The zero-order chi connectivity index (χ0) is 12.3. The van der Waals surface area contributed by atoms with Crippen molar-refractivity contribution in [3.05, 3.63) is 35.4 Å². The lowest BCUT2D eigenvalue weighted by Gasteiger charge is -2.33. The summed E-state index contributed by atoms with van der Waals surface area (Å²) in [4.78, 5) is 11.6. The Balaban J connectivity index is 1.97. The van der Waals surface area contributed by atoms with Gasteiger partial charge in [0.2, 0.25) is 0 Å². The summed E-state index contributed by atoms with van der Waals surface area (Å²) >= 11 is 0. The third-order valence-electron chi connectivity index (χ3n) is 3.38. The molecule has 0 heterocycles. The van der Waals surface area contributed by atoms with Crippen LogP contribution >= 0.6 is 0 Å². The van der Waals surface area contributed by atoms with Gasteiger partial charge in [-0.1, -0.05) is 25.1 Å². The van der Waals surface area contributed by atoms with Crippen LogP contribution in [0.25, 0.3) is 0 Å². The average Bonchev–Trinajstić information content (AvgIpc) is 2.32. The molecule has 3 nitrogen and oxygen atoms in total. The van der Waals surface area contributed by atoms with E-state index in [1.165, 1.54) is 20.0 Å². The summed E-state index contributed by atoms with van der Waals surface area (Å²) in [6.45, 7) is 3.00. The number of carbonyl (C=O) groups excluding carboxylic acids is 1. The van der Waals surface area contributed by atoms with Crippen LogP contribution in [0.15, 0.2) is 24.3 Å². The zero-order valence-electron chi connectivity index (χ0n) is 10.4. The first-order valence-corrected chi connectivity index (χ1v) is 6.10. The molecule has 0 bridgehead atoms. The summed E-state index contributed by atoms with van der Waals surface area (Å²) in [7, 11) is 1.42. The highest BCUT2D eigenvalue weighted by Gasteiger charge is 2.24. The zero-order valence-corrected chi connectivity index (χ0v) is 10.4. The largest absolute Gasteiger partial charge is 0.465 e. The van der Waals surface area contributed by atoms with Crippen LogP contribution in [0.4, 0.5) is 0 Å². The fraction of sp³-hybridized carbons (Fsp3) is 0.500. The molecule has 1 fully saturated rings. The molecule has 1 aromatic carbocycles. The Morgan fingerprint density at radius 1 is 1.41 bits per heavy atom. The number of carbonyl (C=O) groups is 1.